The van der Waals surface area contributed by atoms with Crippen molar-refractivity contribution in [2.24, 2.45) is 11.8 Å². The fourth-order valence-corrected chi connectivity index (χ4v) is 5.97. The van der Waals surface area contributed by atoms with Gasteiger partial charge < -0.3 is 25.4 Å². The van der Waals surface area contributed by atoms with Crippen LogP contribution in [0.25, 0.3) is 0 Å². The molecule has 5 atom stereocenters. The van der Waals surface area contributed by atoms with E-state index in [0.29, 0.717) is 31.6 Å². The number of para-hydroxylation sites is 1. The SMILES string of the molecule is CCCCNC(=O)C1N(CCCCCCO)C(=O)[C@@H]2[C@H](C(=O)Nc3ccccc3)[C@@H]3CCC12O3. The molecule has 2 bridgehead atoms. The number of likely N-dealkylation sites (tertiary alicyclic amines) is 1. The lowest BCUT2D eigenvalue weighted by Crippen LogP contribution is -2.55. The molecule has 1 aromatic carbocycles. The van der Waals surface area contributed by atoms with Crippen molar-refractivity contribution >= 4 is 23.4 Å². The van der Waals surface area contributed by atoms with E-state index in [0.717, 1.165) is 38.5 Å². The molecule has 186 valence electrons. The van der Waals surface area contributed by atoms with Crippen LogP contribution < -0.4 is 10.6 Å². The second-order valence-electron chi connectivity index (χ2n) is 9.73. The lowest BCUT2D eigenvalue weighted by atomic mass is 9.70. The summed E-state index contributed by atoms with van der Waals surface area (Å²) >= 11 is 0. The standard InChI is InChI=1S/C26H37N3O5/c1-2-3-15-27-24(32)22-26-14-13-19(34-26)20(23(31)28-18-11-7-6-8-12-18)21(26)25(33)29(22)16-9-4-5-10-17-30/h6-8,11-12,19-22,30H,2-5,9-10,13-17H2,1H3,(H,27,32)(H,28,31)/t19-,20+,21-,22?,26?/m0/s1. The summed E-state index contributed by atoms with van der Waals surface area (Å²) in [6.45, 7) is 3.24. The number of nitrogens with one attached hydrogen (secondary N) is 2. The van der Waals surface area contributed by atoms with Gasteiger partial charge in [0, 0.05) is 25.4 Å². The Bertz CT molecular complexity index is 878. The van der Waals surface area contributed by atoms with E-state index in [1.54, 1.807) is 4.90 Å². The van der Waals surface area contributed by atoms with Gasteiger partial charge in [-0.15, -0.1) is 0 Å². The Hall–Kier alpha value is -2.45. The van der Waals surface area contributed by atoms with Crippen molar-refractivity contribution in [1.82, 2.24) is 10.2 Å². The molecule has 0 aliphatic carbocycles. The maximum absolute atomic E-state index is 13.7. The van der Waals surface area contributed by atoms with E-state index in [9.17, 15) is 14.4 Å². The van der Waals surface area contributed by atoms with Gasteiger partial charge >= 0.3 is 0 Å². The van der Waals surface area contributed by atoms with Gasteiger partial charge in [0.15, 0.2) is 0 Å². The highest BCUT2D eigenvalue weighted by atomic mass is 16.5. The molecule has 3 heterocycles. The number of benzene rings is 1. The normalized spacial score (nSPS) is 29.4. The van der Waals surface area contributed by atoms with Crippen molar-refractivity contribution in [2.45, 2.75) is 76.0 Å². The molecular weight excluding hydrogens is 434 g/mol. The van der Waals surface area contributed by atoms with E-state index in [1.807, 2.05) is 30.3 Å². The molecule has 1 aromatic rings. The summed E-state index contributed by atoms with van der Waals surface area (Å²) in [5, 5.41) is 15.0. The summed E-state index contributed by atoms with van der Waals surface area (Å²) in [4.78, 5) is 42.1. The van der Waals surface area contributed by atoms with Crippen LogP contribution in [-0.2, 0) is 19.1 Å². The molecule has 4 rings (SSSR count). The van der Waals surface area contributed by atoms with Gasteiger partial charge in [0.05, 0.1) is 17.9 Å². The summed E-state index contributed by atoms with van der Waals surface area (Å²) in [5.74, 6) is -1.79. The van der Waals surface area contributed by atoms with Crippen molar-refractivity contribution in [1.29, 1.82) is 0 Å². The zero-order valence-corrected chi connectivity index (χ0v) is 20.0. The van der Waals surface area contributed by atoms with Crippen molar-refractivity contribution < 1.29 is 24.2 Å². The van der Waals surface area contributed by atoms with Crippen LogP contribution in [-0.4, -0.2) is 65.2 Å². The Labute approximate surface area is 201 Å². The Morgan fingerprint density at radius 3 is 2.62 bits per heavy atom. The fraction of sp³-hybridized carbons (Fsp3) is 0.654. The summed E-state index contributed by atoms with van der Waals surface area (Å²) in [6, 6.07) is 8.52. The number of aliphatic hydroxyl groups excluding tert-OH is 1. The number of carbonyl (C=O) groups is 3. The molecule has 0 radical (unpaired) electrons. The Morgan fingerprint density at radius 1 is 1.12 bits per heavy atom. The molecule has 3 saturated heterocycles. The molecule has 8 nitrogen and oxygen atoms in total. The van der Waals surface area contributed by atoms with Crippen LogP contribution >= 0.6 is 0 Å². The third kappa shape index (κ3) is 4.58. The van der Waals surface area contributed by atoms with Crippen molar-refractivity contribution in [3.05, 3.63) is 30.3 Å². The topological polar surface area (TPSA) is 108 Å². The van der Waals surface area contributed by atoms with Gasteiger partial charge in [0.1, 0.15) is 11.6 Å². The minimum Gasteiger partial charge on any atom is -0.396 e. The van der Waals surface area contributed by atoms with Gasteiger partial charge in [-0.1, -0.05) is 44.4 Å². The van der Waals surface area contributed by atoms with Gasteiger partial charge in [0.25, 0.3) is 0 Å². The fourth-order valence-electron chi connectivity index (χ4n) is 5.97. The highest BCUT2D eigenvalue weighted by Crippen LogP contribution is 2.58. The van der Waals surface area contributed by atoms with E-state index < -0.39 is 23.5 Å². The quantitative estimate of drug-likeness (QED) is 0.406. The summed E-state index contributed by atoms with van der Waals surface area (Å²) in [6.07, 6.45) is 5.98. The smallest absolute Gasteiger partial charge is 0.245 e. The first-order valence-electron chi connectivity index (χ1n) is 12.8. The first kappa shape index (κ1) is 24.7. The molecule has 0 aromatic heterocycles. The predicted octanol–water partition coefficient (Wildman–Crippen LogP) is 2.47. The Morgan fingerprint density at radius 2 is 1.88 bits per heavy atom. The number of hydrogen-bond acceptors (Lipinski definition) is 5. The first-order valence-corrected chi connectivity index (χ1v) is 12.8. The van der Waals surface area contributed by atoms with Crippen molar-refractivity contribution in [2.75, 3.05) is 25.0 Å². The number of aliphatic hydroxyl groups is 1. The molecule has 3 N–H and O–H groups in total. The van der Waals surface area contributed by atoms with Crippen LogP contribution in [0.4, 0.5) is 5.69 Å². The van der Waals surface area contributed by atoms with Crippen LogP contribution in [0.2, 0.25) is 0 Å². The molecule has 3 aliphatic rings. The van der Waals surface area contributed by atoms with E-state index in [-0.39, 0.29) is 30.4 Å². The van der Waals surface area contributed by atoms with Crippen molar-refractivity contribution in [3.63, 3.8) is 0 Å². The lowest BCUT2D eigenvalue weighted by molar-refractivity contribution is -0.141. The molecule has 1 spiro atoms. The van der Waals surface area contributed by atoms with Crippen LogP contribution in [0, 0.1) is 11.8 Å². The summed E-state index contributed by atoms with van der Waals surface area (Å²) in [5.41, 5.74) is -0.258. The number of amides is 3. The highest BCUT2D eigenvalue weighted by molar-refractivity contribution is 6.01. The number of rotatable bonds is 12. The number of hydrogen-bond donors (Lipinski definition) is 3. The number of anilines is 1. The van der Waals surface area contributed by atoms with E-state index >= 15 is 0 Å². The monoisotopic (exact) mass is 471 g/mol. The molecule has 34 heavy (non-hydrogen) atoms. The molecule has 0 saturated carbocycles. The minimum atomic E-state index is -0.943. The Balaban J connectivity index is 1.55. The maximum atomic E-state index is 13.7. The number of carbonyl (C=O) groups excluding carboxylic acids is 3. The van der Waals surface area contributed by atoms with Gasteiger partial charge in [-0.3, -0.25) is 14.4 Å². The second-order valence-corrected chi connectivity index (χ2v) is 9.73. The molecule has 3 amide bonds. The molecular formula is C26H37N3O5. The van der Waals surface area contributed by atoms with E-state index in [4.69, 9.17) is 9.84 Å². The van der Waals surface area contributed by atoms with E-state index in [2.05, 4.69) is 17.6 Å². The number of fused-ring (bicyclic) bond motifs is 1. The van der Waals surface area contributed by atoms with Gasteiger partial charge in [-0.2, -0.15) is 0 Å². The molecule has 3 fully saturated rings. The minimum absolute atomic E-state index is 0.145. The van der Waals surface area contributed by atoms with Crippen molar-refractivity contribution in [3.8, 4) is 0 Å². The van der Waals surface area contributed by atoms with Crippen LogP contribution in [0.15, 0.2) is 30.3 Å². The third-order valence-corrected chi connectivity index (χ3v) is 7.53. The zero-order valence-electron chi connectivity index (χ0n) is 20.0. The zero-order chi connectivity index (χ0) is 24.1. The highest BCUT2D eigenvalue weighted by Gasteiger charge is 2.74. The lowest BCUT2D eigenvalue weighted by Gasteiger charge is -2.33. The van der Waals surface area contributed by atoms with Crippen LogP contribution in [0.3, 0.4) is 0 Å². The van der Waals surface area contributed by atoms with Crippen LogP contribution in [0.5, 0.6) is 0 Å². The second kappa shape index (κ2) is 10.9. The number of nitrogens with zero attached hydrogens (tertiary/aromatic N) is 1. The van der Waals surface area contributed by atoms with Gasteiger partial charge in [-0.05, 0) is 44.2 Å². The third-order valence-electron chi connectivity index (χ3n) is 7.53. The summed E-state index contributed by atoms with van der Waals surface area (Å²) in [7, 11) is 0. The first-order chi connectivity index (χ1) is 16.5. The van der Waals surface area contributed by atoms with Crippen LogP contribution in [0.1, 0.15) is 58.3 Å². The molecule has 2 unspecified atom stereocenters. The molecule has 8 heteroatoms. The van der Waals surface area contributed by atoms with Gasteiger partial charge in [0.2, 0.25) is 17.7 Å². The average Bonchev–Trinajstić information content (AvgIpc) is 3.47. The van der Waals surface area contributed by atoms with Gasteiger partial charge in [-0.25, -0.2) is 0 Å². The van der Waals surface area contributed by atoms with E-state index in [1.165, 1.54) is 0 Å². The number of ether oxygens (including phenoxy) is 1. The summed E-state index contributed by atoms with van der Waals surface area (Å²) < 4.78 is 6.42. The average molecular weight is 472 g/mol. The molecule has 3 aliphatic heterocycles. The largest absolute Gasteiger partial charge is 0.396 e. The maximum Gasteiger partial charge on any atom is 0.245 e. The predicted molar refractivity (Wildman–Crippen MR) is 128 cm³/mol. The number of unbranched alkanes of at least 4 members (excludes halogenated alkanes) is 4. The Kier molecular flexibility index (Phi) is 7.88.